The molecule has 19 heteroatoms. The van der Waals surface area contributed by atoms with E-state index in [0.717, 1.165) is 40.8 Å². The van der Waals surface area contributed by atoms with Gasteiger partial charge in [-0.25, -0.2) is 18.6 Å². The third-order valence-corrected chi connectivity index (χ3v) is 8.47. The van der Waals surface area contributed by atoms with E-state index in [1.807, 2.05) is 51.1 Å². The number of nitrogens with one attached hydrogen (secondary N) is 1. The Bertz CT molecular complexity index is 1940. The molecule has 1 aromatic heterocycles. The minimum Gasteiger partial charge on any atom is -0.475 e. The highest BCUT2D eigenvalue weighted by molar-refractivity contribution is 6.14. The van der Waals surface area contributed by atoms with Crippen LogP contribution in [0.3, 0.4) is 0 Å². The number of alkyl halides is 3. The predicted molar refractivity (Wildman–Crippen MR) is 194 cm³/mol. The van der Waals surface area contributed by atoms with E-state index in [2.05, 4.69) is 5.32 Å². The monoisotopic (exact) mass is 806 g/mol. The number of nitrogens with two attached hydrogens (primary N) is 1. The van der Waals surface area contributed by atoms with Crippen LogP contribution in [0.5, 0.6) is 0 Å². The van der Waals surface area contributed by atoms with Crippen molar-refractivity contribution in [1.82, 2.24) is 24.7 Å². The highest BCUT2D eigenvalue weighted by atomic mass is 19.4. The second-order valence-corrected chi connectivity index (χ2v) is 14.0. The van der Waals surface area contributed by atoms with Crippen molar-refractivity contribution in [1.29, 1.82) is 0 Å². The first kappa shape index (κ1) is 45.6. The maximum atomic E-state index is 14.9. The molecular formula is C38H43F5N6O8. The molecule has 4 rings (SSSR count). The van der Waals surface area contributed by atoms with Gasteiger partial charge >= 0.3 is 12.1 Å². The van der Waals surface area contributed by atoms with Crippen molar-refractivity contribution in [2.45, 2.75) is 64.8 Å². The van der Waals surface area contributed by atoms with Crippen molar-refractivity contribution >= 4 is 35.4 Å². The predicted octanol–water partition coefficient (Wildman–Crippen LogP) is 3.53. The molecule has 2 aromatic carbocycles. The van der Waals surface area contributed by atoms with Crippen molar-refractivity contribution in [3.8, 4) is 11.3 Å². The number of aliphatic hydroxyl groups is 1. The summed E-state index contributed by atoms with van der Waals surface area (Å²) in [7, 11) is 0. The lowest BCUT2D eigenvalue weighted by Crippen LogP contribution is -2.48. The fourth-order valence-electron chi connectivity index (χ4n) is 5.74. The summed E-state index contributed by atoms with van der Waals surface area (Å²) in [5.74, 6) is -6.32. The lowest BCUT2D eigenvalue weighted by Gasteiger charge is -2.40. The van der Waals surface area contributed by atoms with Gasteiger partial charge in [-0.05, 0) is 42.0 Å². The summed E-state index contributed by atoms with van der Waals surface area (Å²) in [5.41, 5.74) is 6.50. The average molecular weight is 807 g/mol. The largest absolute Gasteiger partial charge is 0.490 e. The van der Waals surface area contributed by atoms with E-state index < -0.39 is 71.5 Å². The van der Waals surface area contributed by atoms with Gasteiger partial charge in [0.1, 0.15) is 24.1 Å². The summed E-state index contributed by atoms with van der Waals surface area (Å²) in [4.78, 5) is 77.6. The van der Waals surface area contributed by atoms with Crippen LogP contribution in [-0.2, 0) is 35.3 Å². The van der Waals surface area contributed by atoms with Crippen molar-refractivity contribution < 1.29 is 60.9 Å². The number of rotatable bonds is 16. The zero-order chi connectivity index (χ0) is 42.7. The molecule has 2 atom stereocenters. The molecule has 0 fully saturated rings. The molecule has 1 aliphatic heterocycles. The zero-order valence-electron chi connectivity index (χ0n) is 31.3. The SMILES string of the molecule is CC(C)(C)[C@H](c1nc(-c2cc(F)ccc2F)cn1Cc1ccccc1)N(CC[C@H](N)C(=O)NCCCC(=O)CN1C(=O)C=CC1=O)C(=O)CO.O=C(O)C(F)(F)F. The number of carboxylic acid groups (broad SMARTS) is 1. The number of halogens is 5. The van der Waals surface area contributed by atoms with Crippen LogP contribution in [0, 0.1) is 17.0 Å². The van der Waals surface area contributed by atoms with Gasteiger partial charge in [0.25, 0.3) is 11.8 Å². The van der Waals surface area contributed by atoms with E-state index in [4.69, 9.17) is 20.6 Å². The Morgan fingerprint density at radius 2 is 1.60 bits per heavy atom. The lowest BCUT2D eigenvalue weighted by molar-refractivity contribution is -0.192. The molecule has 1 aliphatic rings. The summed E-state index contributed by atoms with van der Waals surface area (Å²) >= 11 is 0. The van der Waals surface area contributed by atoms with E-state index in [1.54, 1.807) is 10.8 Å². The molecule has 0 saturated heterocycles. The maximum Gasteiger partial charge on any atom is 0.490 e. The summed E-state index contributed by atoms with van der Waals surface area (Å²) in [6.45, 7) is 4.79. The number of benzene rings is 2. The van der Waals surface area contributed by atoms with Crippen molar-refractivity contribution in [2.24, 2.45) is 11.1 Å². The molecular weight excluding hydrogens is 763 g/mol. The Hall–Kier alpha value is -5.82. The highest BCUT2D eigenvalue weighted by Crippen LogP contribution is 2.39. The maximum absolute atomic E-state index is 14.9. The molecule has 3 aromatic rings. The molecule has 0 saturated carbocycles. The van der Waals surface area contributed by atoms with Crippen LogP contribution >= 0.6 is 0 Å². The molecule has 2 heterocycles. The topological polar surface area (TPSA) is 205 Å². The summed E-state index contributed by atoms with van der Waals surface area (Å²) in [5, 5.41) is 19.8. The number of imide groups is 1. The first-order valence-electron chi connectivity index (χ1n) is 17.5. The number of aliphatic carboxylic acids is 1. The number of hydrogen-bond acceptors (Lipinski definition) is 9. The fraction of sp³-hybridized carbons (Fsp3) is 0.395. The number of imidazole rings is 1. The van der Waals surface area contributed by atoms with Crippen molar-refractivity contribution in [3.63, 3.8) is 0 Å². The van der Waals surface area contributed by atoms with Crippen LogP contribution in [0.1, 0.15) is 57.5 Å². The highest BCUT2D eigenvalue weighted by Gasteiger charge is 2.39. The van der Waals surface area contributed by atoms with Crippen LogP contribution in [0.2, 0.25) is 0 Å². The molecule has 0 radical (unpaired) electrons. The molecule has 5 N–H and O–H groups in total. The molecule has 308 valence electrons. The van der Waals surface area contributed by atoms with Gasteiger partial charge in [-0.1, -0.05) is 51.1 Å². The standard InChI is InChI=1S/C36H42F2N6O6.C2HF3O2/c1-36(2,3)33(34-41-29(26-18-24(37)11-12-27(26)38)21-42(34)19-23-8-5-4-6-9-23)43(32(49)22-45)17-15-28(39)35(50)40-16-7-10-25(46)20-44-30(47)13-14-31(44)48;3-2(4,5)1(6)7/h4-6,8-9,11-14,18,21,28,33,45H,7,10,15-17,19-20,22,39H2,1-3H3,(H,40,50);(H,6,7)/t28-,33-;/m0./s1. The molecule has 4 amide bonds. The number of nitrogens with zero attached hydrogens (tertiary/aromatic N) is 4. The number of amides is 4. The smallest absolute Gasteiger partial charge is 0.475 e. The average Bonchev–Trinajstić information content (AvgIpc) is 3.69. The van der Waals surface area contributed by atoms with Gasteiger partial charge in [-0.2, -0.15) is 13.2 Å². The zero-order valence-corrected chi connectivity index (χ0v) is 31.3. The Labute approximate surface area is 324 Å². The van der Waals surface area contributed by atoms with Crippen LogP contribution in [0.15, 0.2) is 66.9 Å². The quantitative estimate of drug-likeness (QED) is 0.0942. The van der Waals surface area contributed by atoms with Crippen LogP contribution in [0.25, 0.3) is 11.3 Å². The van der Waals surface area contributed by atoms with E-state index in [-0.39, 0.29) is 55.9 Å². The Morgan fingerprint density at radius 3 is 2.16 bits per heavy atom. The third kappa shape index (κ3) is 13.1. The number of Topliss-reactive ketones (excluding diaryl/α,β-unsaturated/α-hetero) is 1. The van der Waals surface area contributed by atoms with Gasteiger partial charge in [-0.3, -0.25) is 28.9 Å². The number of carboxylic acids is 1. The Kier molecular flexibility index (Phi) is 15.9. The number of ketones is 1. The van der Waals surface area contributed by atoms with Gasteiger partial charge in [0.05, 0.1) is 24.3 Å². The van der Waals surface area contributed by atoms with Gasteiger partial charge in [0.2, 0.25) is 11.8 Å². The Morgan fingerprint density at radius 1 is 0.982 bits per heavy atom. The summed E-state index contributed by atoms with van der Waals surface area (Å²) < 4.78 is 62.7. The molecule has 57 heavy (non-hydrogen) atoms. The fourth-order valence-corrected chi connectivity index (χ4v) is 5.74. The van der Waals surface area contributed by atoms with E-state index in [0.29, 0.717) is 12.4 Å². The van der Waals surface area contributed by atoms with Gasteiger partial charge in [0.15, 0.2) is 5.78 Å². The minimum atomic E-state index is -5.08. The third-order valence-electron chi connectivity index (χ3n) is 8.47. The molecule has 0 spiro atoms. The van der Waals surface area contributed by atoms with E-state index in [1.165, 1.54) is 4.90 Å². The van der Waals surface area contributed by atoms with Crippen molar-refractivity contribution in [2.75, 3.05) is 26.2 Å². The lowest BCUT2D eigenvalue weighted by atomic mass is 9.84. The number of carbonyl (C=O) groups excluding carboxylic acids is 5. The van der Waals surface area contributed by atoms with Crippen molar-refractivity contribution in [3.05, 3.63) is 89.9 Å². The first-order chi connectivity index (χ1) is 26.6. The minimum absolute atomic E-state index is 0.0000423. The summed E-state index contributed by atoms with van der Waals surface area (Å²) in [6.07, 6.45) is -1.01. The van der Waals surface area contributed by atoms with Gasteiger partial charge in [-0.15, -0.1) is 0 Å². The van der Waals surface area contributed by atoms with E-state index >= 15 is 0 Å². The van der Waals surface area contributed by atoms with Gasteiger partial charge in [0, 0.05) is 50.0 Å². The molecule has 0 unspecified atom stereocenters. The van der Waals surface area contributed by atoms with Gasteiger partial charge < -0.3 is 30.7 Å². The second kappa shape index (κ2) is 19.9. The number of aromatic nitrogens is 2. The number of carbonyl (C=O) groups is 6. The Balaban J connectivity index is 0.00000113. The van der Waals surface area contributed by atoms with Crippen LogP contribution in [-0.4, -0.2) is 103 Å². The number of aliphatic hydroxyl groups excluding tert-OH is 1. The summed E-state index contributed by atoms with van der Waals surface area (Å²) in [6, 6.07) is 10.6. The molecule has 0 bridgehead atoms. The molecule has 0 aliphatic carbocycles. The number of hydrogen-bond donors (Lipinski definition) is 4. The first-order valence-corrected chi connectivity index (χ1v) is 17.5. The normalized spacial score (nSPS) is 13.8. The second-order valence-electron chi connectivity index (χ2n) is 14.0. The van der Waals surface area contributed by atoms with Crippen LogP contribution < -0.4 is 11.1 Å². The molecule has 14 nitrogen and oxygen atoms in total. The van der Waals surface area contributed by atoms with Crippen LogP contribution in [0.4, 0.5) is 22.0 Å². The van der Waals surface area contributed by atoms with E-state index in [9.17, 15) is 51.0 Å².